The fourth-order valence-corrected chi connectivity index (χ4v) is 3.85. The van der Waals surface area contributed by atoms with E-state index in [0.29, 0.717) is 6.04 Å². The van der Waals surface area contributed by atoms with E-state index in [4.69, 9.17) is 4.74 Å². The Morgan fingerprint density at radius 1 is 1.26 bits per heavy atom. The zero-order chi connectivity index (χ0) is 15.6. The molecule has 0 aliphatic heterocycles. The fraction of sp³-hybridized carbons (Fsp3) is 0.438. The lowest BCUT2D eigenvalue weighted by Gasteiger charge is -2.21. The summed E-state index contributed by atoms with van der Waals surface area (Å²) in [6.45, 7) is 0. The quantitative estimate of drug-likeness (QED) is 0.792. The predicted octanol–water partition coefficient (Wildman–Crippen LogP) is 3.61. The van der Waals surface area contributed by atoms with Crippen molar-refractivity contribution in [2.45, 2.75) is 38.1 Å². The maximum atomic E-state index is 5.22. The van der Waals surface area contributed by atoms with Gasteiger partial charge in [-0.1, -0.05) is 30.6 Å². The van der Waals surface area contributed by atoms with Gasteiger partial charge in [-0.3, -0.25) is 4.98 Å². The van der Waals surface area contributed by atoms with E-state index in [1.807, 2.05) is 16.8 Å². The molecule has 4 rings (SSSR count). The first-order chi connectivity index (χ1) is 11.3. The van der Waals surface area contributed by atoms with Gasteiger partial charge in [-0.05, 0) is 18.9 Å². The summed E-state index contributed by atoms with van der Waals surface area (Å²) in [5.74, 6) is 0.728. The van der Waals surface area contributed by atoms with Crippen LogP contribution in [0.3, 0.4) is 0 Å². The second-order valence-corrected chi connectivity index (χ2v) is 6.81. The highest BCUT2D eigenvalue weighted by Crippen LogP contribution is 2.28. The Morgan fingerprint density at radius 3 is 2.91 bits per heavy atom. The summed E-state index contributed by atoms with van der Waals surface area (Å²) in [5, 5.41) is 9.11. The number of fused-ring (bicyclic) bond motifs is 1. The molecule has 120 valence electrons. The van der Waals surface area contributed by atoms with Gasteiger partial charge in [0.25, 0.3) is 0 Å². The van der Waals surface area contributed by atoms with Crippen LogP contribution in [0.2, 0.25) is 0 Å². The summed E-state index contributed by atoms with van der Waals surface area (Å²) in [7, 11) is 1.64. The maximum Gasteiger partial charge on any atom is 0.214 e. The van der Waals surface area contributed by atoms with Crippen LogP contribution < -0.4 is 10.1 Å². The van der Waals surface area contributed by atoms with Crippen LogP contribution in [0.5, 0.6) is 5.75 Å². The van der Waals surface area contributed by atoms with Crippen molar-refractivity contribution in [1.82, 2.24) is 19.6 Å². The molecule has 0 bridgehead atoms. The first-order valence-electron chi connectivity index (χ1n) is 7.94. The van der Waals surface area contributed by atoms with Crippen molar-refractivity contribution in [3.63, 3.8) is 0 Å². The lowest BCUT2D eigenvalue weighted by atomic mass is 9.96. The average Bonchev–Trinajstić information content (AvgIpc) is 3.14. The van der Waals surface area contributed by atoms with Gasteiger partial charge < -0.3 is 10.1 Å². The summed E-state index contributed by atoms with van der Waals surface area (Å²) in [6.07, 6.45) is 11.9. The van der Waals surface area contributed by atoms with Gasteiger partial charge in [0.1, 0.15) is 5.75 Å². The summed E-state index contributed by atoms with van der Waals surface area (Å²) < 4.78 is 7.05. The number of methoxy groups -OCH3 is 1. The van der Waals surface area contributed by atoms with Crippen molar-refractivity contribution in [3.8, 4) is 17.0 Å². The van der Waals surface area contributed by atoms with Crippen LogP contribution in [-0.4, -0.2) is 32.7 Å². The third kappa shape index (κ3) is 3.01. The Bertz CT molecular complexity index is 774. The standard InChI is InChI=1S/C16H19N5OS/c1-22-13-7-11(8-17-9-13)14-10-21-16(19-14)23-15(20-21)18-12-5-3-2-4-6-12/h7-10,12H,2-6H2,1H3,(H,18,20). The number of nitrogens with zero attached hydrogens (tertiary/aromatic N) is 4. The van der Waals surface area contributed by atoms with Gasteiger partial charge in [-0.2, -0.15) is 0 Å². The third-order valence-corrected chi connectivity index (χ3v) is 5.07. The molecule has 7 heteroatoms. The van der Waals surface area contributed by atoms with Crippen molar-refractivity contribution in [2.24, 2.45) is 0 Å². The minimum atomic E-state index is 0.557. The lowest BCUT2D eigenvalue weighted by Crippen LogP contribution is -2.22. The second-order valence-electron chi connectivity index (χ2n) is 5.85. The van der Waals surface area contributed by atoms with E-state index in [1.54, 1.807) is 30.8 Å². The molecule has 1 N–H and O–H groups in total. The molecule has 0 spiro atoms. The number of hydrogen-bond donors (Lipinski definition) is 1. The van der Waals surface area contributed by atoms with E-state index in [9.17, 15) is 0 Å². The van der Waals surface area contributed by atoms with E-state index in [2.05, 4.69) is 20.4 Å². The van der Waals surface area contributed by atoms with E-state index < -0.39 is 0 Å². The zero-order valence-corrected chi connectivity index (χ0v) is 13.8. The van der Waals surface area contributed by atoms with Gasteiger partial charge in [0.05, 0.1) is 25.2 Å². The molecule has 0 atom stereocenters. The number of hydrogen-bond acceptors (Lipinski definition) is 6. The number of ether oxygens (including phenoxy) is 1. The van der Waals surface area contributed by atoms with Gasteiger partial charge in [-0.25, -0.2) is 9.50 Å². The van der Waals surface area contributed by atoms with Crippen LogP contribution in [0.4, 0.5) is 5.13 Å². The summed E-state index contributed by atoms with van der Waals surface area (Å²) in [4.78, 5) is 9.72. The highest BCUT2D eigenvalue weighted by Gasteiger charge is 2.16. The Kier molecular flexibility index (Phi) is 3.87. The molecule has 3 heterocycles. The Morgan fingerprint density at radius 2 is 2.13 bits per heavy atom. The Balaban J connectivity index is 1.56. The molecule has 0 saturated heterocycles. The highest BCUT2D eigenvalue weighted by atomic mass is 32.1. The van der Waals surface area contributed by atoms with Crippen molar-refractivity contribution < 1.29 is 4.74 Å². The van der Waals surface area contributed by atoms with Gasteiger partial charge in [-0.15, -0.1) is 5.10 Å². The van der Waals surface area contributed by atoms with Crippen LogP contribution in [0.1, 0.15) is 32.1 Å². The first kappa shape index (κ1) is 14.4. The summed E-state index contributed by atoms with van der Waals surface area (Å²) in [6, 6.07) is 2.49. The largest absolute Gasteiger partial charge is 0.495 e. The van der Waals surface area contributed by atoms with Gasteiger partial charge in [0.2, 0.25) is 10.1 Å². The molecule has 3 aromatic rings. The number of imidazole rings is 1. The molecule has 23 heavy (non-hydrogen) atoms. The zero-order valence-electron chi connectivity index (χ0n) is 13.0. The molecule has 1 aliphatic rings. The minimum Gasteiger partial charge on any atom is -0.495 e. The van der Waals surface area contributed by atoms with Crippen LogP contribution in [0.25, 0.3) is 16.2 Å². The van der Waals surface area contributed by atoms with Crippen LogP contribution >= 0.6 is 11.3 Å². The molecule has 0 unspecified atom stereocenters. The second kappa shape index (κ2) is 6.16. The van der Waals surface area contributed by atoms with Gasteiger partial charge in [0.15, 0.2) is 0 Å². The number of rotatable bonds is 4. The monoisotopic (exact) mass is 329 g/mol. The summed E-state index contributed by atoms with van der Waals surface area (Å²) in [5.41, 5.74) is 1.79. The minimum absolute atomic E-state index is 0.557. The molecule has 1 saturated carbocycles. The van der Waals surface area contributed by atoms with E-state index in [1.165, 1.54) is 32.1 Å². The molecule has 1 fully saturated rings. The molecule has 1 aliphatic carbocycles. The van der Waals surface area contributed by atoms with E-state index in [0.717, 1.165) is 27.1 Å². The Hall–Kier alpha value is -2.15. The maximum absolute atomic E-state index is 5.22. The highest BCUT2D eigenvalue weighted by molar-refractivity contribution is 7.20. The molecule has 3 aromatic heterocycles. The van der Waals surface area contributed by atoms with Crippen molar-refractivity contribution >= 4 is 21.4 Å². The van der Waals surface area contributed by atoms with Gasteiger partial charge in [0, 0.05) is 17.8 Å². The Labute approximate surface area is 138 Å². The number of anilines is 1. The van der Waals surface area contributed by atoms with E-state index in [-0.39, 0.29) is 0 Å². The number of aromatic nitrogens is 4. The van der Waals surface area contributed by atoms with E-state index >= 15 is 0 Å². The van der Waals surface area contributed by atoms with Crippen molar-refractivity contribution in [2.75, 3.05) is 12.4 Å². The normalized spacial score (nSPS) is 15.9. The molecular formula is C16H19N5OS. The molecule has 0 radical (unpaired) electrons. The predicted molar refractivity (Wildman–Crippen MR) is 91.1 cm³/mol. The molecular weight excluding hydrogens is 310 g/mol. The van der Waals surface area contributed by atoms with Crippen LogP contribution in [-0.2, 0) is 0 Å². The molecule has 0 amide bonds. The van der Waals surface area contributed by atoms with Crippen molar-refractivity contribution in [3.05, 3.63) is 24.7 Å². The molecule has 0 aromatic carbocycles. The molecule has 6 nitrogen and oxygen atoms in total. The number of pyridine rings is 1. The fourth-order valence-electron chi connectivity index (χ4n) is 2.99. The van der Waals surface area contributed by atoms with Crippen molar-refractivity contribution in [1.29, 1.82) is 0 Å². The smallest absolute Gasteiger partial charge is 0.214 e. The van der Waals surface area contributed by atoms with Crippen LogP contribution in [0.15, 0.2) is 24.7 Å². The SMILES string of the molecule is COc1cncc(-c2cn3nc(NC4CCCCC4)sc3n2)c1. The van der Waals surface area contributed by atoms with Gasteiger partial charge >= 0.3 is 0 Å². The van der Waals surface area contributed by atoms with Crippen LogP contribution in [0, 0.1) is 0 Å². The first-order valence-corrected chi connectivity index (χ1v) is 8.75. The number of nitrogens with one attached hydrogen (secondary N) is 1. The topological polar surface area (TPSA) is 64.3 Å². The lowest BCUT2D eigenvalue weighted by molar-refractivity contribution is 0.413. The average molecular weight is 329 g/mol. The third-order valence-electron chi connectivity index (χ3n) is 4.22. The summed E-state index contributed by atoms with van der Waals surface area (Å²) >= 11 is 1.59.